The zero-order valence-electron chi connectivity index (χ0n) is 13.3. The lowest BCUT2D eigenvalue weighted by atomic mass is 10.1. The van der Waals surface area contributed by atoms with E-state index in [1.165, 1.54) is 0 Å². The summed E-state index contributed by atoms with van der Waals surface area (Å²) in [4.78, 5) is 20.2. The van der Waals surface area contributed by atoms with Gasteiger partial charge in [-0.2, -0.15) is 0 Å². The molecule has 0 aliphatic carbocycles. The lowest BCUT2D eigenvalue weighted by Gasteiger charge is -2.39. The van der Waals surface area contributed by atoms with Crippen LogP contribution in [0.1, 0.15) is 12.1 Å². The van der Waals surface area contributed by atoms with E-state index in [0.717, 1.165) is 37.3 Å². The summed E-state index contributed by atoms with van der Waals surface area (Å²) >= 11 is 5.96. The first kappa shape index (κ1) is 16.5. The summed E-state index contributed by atoms with van der Waals surface area (Å²) in [6.45, 7) is 3.74. The first-order valence-electron chi connectivity index (χ1n) is 7.92. The van der Waals surface area contributed by atoms with E-state index in [2.05, 4.69) is 21.8 Å². The highest BCUT2D eigenvalue weighted by atomic mass is 35.5. The topological polar surface area (TPSA) is 59.6 Å². The molecule has 1 aromatic heterocycles. The van der Waals surface area contributed by atoms with Gasteiger partial charge in [0.2, 0.25) is 0 Å². The van der Waals surface area contributed by atoms with Gasteiger partial charge in [-0.3, -0.25) is 9.69 Å². The number of rotatable bonds is 4. The van der Waals surface area contributed by atoms with Gasteiger partial charge in [0.25, 0.3) is 0 Å². The molecule has 1 aliphatic heterocycles. The number of nitrogens with zero attached hydrogens (tertiary/aromatic N) is 2. The van der Waals surface area contributed by atoms with E-state index in [1.54, 1.807) is 18.2 Å². The van der Waals surface area contributed by atoms with E-state index in [0.29, 0.717) is 23.0 Å². The van der Waals surface area contributed by atoms with Gasteiger partial charge in [0.1, 0.15) is 0 Å². The largest absolute Gasteiger partial charge is 0.396 e. The Kier molecular flexibility index (Phi) is 5.02. The van der Waals surface area contributed by atoms with Crippen molar-refractivity contribution < 1.29 is 5.11 Å². The summed E-state index contributed by atoms with van der Waals surface area (Å²) in [6.07, 6.45) is 0.778. The molecule has 1 fully saturated rings. The van der Waals surface area contributed by atoms with Crippen molar-refractivity contribution in [1.82, 2.24) is 14.8 Å². The van der Waals surface area contributed by atoms with Crippen molar-refractivity contribution >= 4 is 22.5 Å². The second kappa shape index (κ2) is 7.01. The molecule has 0 amide bonds. The number of fused-ring (bicyclic) bond motifs is 1. The van der Waals surface area contributed by atoms with E-state index in [9.17, 15) is 9.90 Å². The number of halogens is 1. The Hall–Kier alpha value is -1.40. The molecule has 124 valence electrons. The van der Waals surface area contributed by atoms with Crippen molar-refractivity contribution in [2.24, 2.45) is 0 Å². The zero-order valence-corrected chi connectivity index (χ0v) is 14.0. The summed E-state index contributed by atoms with van der Waals surface area (Å²) < 4.78 is 0. The lowest BCUT2D eigenvalue weighted by Crippen LogP contribution is -2.51. The molecule has 6 heteroatoms. The molecule has 0 radical (unpaired) electrons. The molecule has 2 N–H and O–H groups in total. The number of aromatic amines is 1. The molecule has 0 saturated carbocycles. The number of likely N-dealkylation sites (N-methyl/N-ethyl adjacent to an activating group) is 1. The fourth-order valence-corrected chi connectivity index (χ4v) is 3.39. The number of nitrogens with one attached hydrogen (secondary N) is 1. The molecule has 1 unspecified atom stereocenters. The van der Waals surface area contributed by atoms with Gasteiger partial charge in [-0.1, -0.05) is 11.6 Å². The van der Waals surface area contributed by atoms with Crippen molar-refractivity contribution in [2.75, 3.05) is 33.3 Å². The van der Waals surface area contributed by atoms with Crippen LogP contribution >= 0.6 is 11.6 Å². The highest BCUT2D eigenvalue weighted by Crippen LogP contribution is 2.17. The van der Waals surface area contributed by atoms with Gasteiger partial charge in [-0.15, -0.1) is 0 Å². The van der Waals surface area contributed by atoms with Crippen LogP contribution in [0.25, 0.3) is 10.9 Å². The number of hydrogen-bond donors (Lipinski definition) is 2. The molecule has 0 bridgehead atoms. The van der Waals surface area contributed by atoms with Crippen LogP contribution in [-0.2, 0) is 6.54 Å². The lowest BCUT2D eigenvalue weighted by molar-refractivity contribution is 0.0736. The van der Waals surface area contributed by atoms with E-state index in [1.807, 2.05) is 6.07 Å². The fraction of sp³-hybridized carbons (Fsp3) is 0.471. The van der Waals surface area contributed by atoms with Crippen LogP contribution in [0.5, 0.6) is 0 Å². The maximum atomic E-state index is 12.3. The monoisotopic (exact) mass is 335 g/mol. The molecule has 1 aliphatic rings. The molecule has 5 nitrogen and oxygen atoms in total. The number of benzene rings is 1. The molecule has 2 heterocycles. The summed E-state index contributed by atoms with van der Waals surface area (Å²) in [5.41, 5.74) is 1.73. The highest BCUT2D eigenvalue weighted by molar-refractivity contribution is 6.31. The summed E-state index contributed by atoms with van der Waals surface area (Å²) in [5, 5.41) is 10.4. The van der Waals surface area contributed by atoms with Crippen molar-refractivity contribution in [3.8, 4) is 0 Å². The fourth-order valence-electron chi connectivity index (χ4n) is 3.22. The second-order valence-electron chi connectivity index (χ2n) is 6.23. The smallest absolute Gasteiger partial charge is 0.189 e. The molecule has 1 aromatic carbocycles. The van der Waals surface area contributed by atoms with Gasteiger partial charge in [-0.05, 0) is 31.7 Å². The normalized spacial score (nSPS) is 20.2. The zero-order chi connectivity index (χ0) is 16.4. The van der Waals surface area contributed by atoms with Crippen LogP contribution < -0.4 is 5.43 Å². The number of H-pyrrole nitrogens is 1. The van der Waals surface area contributed by atoms with Gasteiger partial charge in [0, 0.05) is 66.5 Å². The minimum Gasteiger partial charge on any atom is -0.396 e. The third-order valence-corrected chi connectivity index (χ3v) is 4.80. The Balaban J connectivity index is 1.79. The van der Waals surface area contributed by atoms with Crippen LogP contribution in [0.3, 0.4) is 0 Å². The van der Waals surface area contributed by atoms with Crippen LogP contribution in [0, 0.1) is 0 Å². The van der Waals surface area contributed by atoms with Crippen LogP contribution in [-0.4, -0.2) is 59.2 Å². The molecule has 3 rings (SSSR count). The van der Waals surface area contributed by atoms with E-state index < -0.39 is 0 Å². The Morgan fingerprint density at radius 3 is 2.96 bits per heavy atom. The Morgan fingerprint density at radius 2 is 2.17 bits per heavy atom. The van der Waals surface area contributed by atoms with Gasteiger partial charge in [-0.25, -0.2) is 0 Å². The molecule has 2 aromatic rings. The van der Waals surface area contributed by atoms with Crippen molar-refractivity contribution in [3.05, 3.63) is 45.2 Å². The third kappa shape index (κ3) is 3.75. The average Bonchev–Trinajstić information content (AvgIpc) is 2.52. The first-order chi connectivity index (χ1) is 11.1. The standard InChI is InChI=1S/C17H22ClN3O2/c1-20-5-6-21(11-14(20)4-7-22)10-13-9-17(23)15-8-12(18)2-3-16(15)19-13/h2-3,8-9,14,22H,4-7,10-11H2,1H3,(H,19,23). The third-order valence-electron chi connectivity index (χ3n) is 4.57. The van der Waals surface area contributed by atoms with E-state index in [4.69, 9.17) is 11.6 Å². The Morgan fingerprint density at radius 1 is 1.35 bits per heavy atom. The van der Waals surface area contributed by atoms with E-state index in [-0.39, 0.29) is 12.0 Å². The van der Waals surface area contributed by atoms with Gasteiger partial charge in [0.05, 0.1) is 0 Å². The van der Waals surface area contributed by atoms with Gasteiger partial charge < -0.3 is 15.0 Å². The number of hydrogen-bond acceptors (Lipinski definition) is 4. The Bertz CT molecular complexity index is 746. The number of aliphatic hydroxyl groups excluding tert-OH is 1. The summed E-state index contributed by atoms with van der Waals surface area (Å²) in [7, 11) is 2.10. The minimum absolute atomic E-state index is 0.00251. The summed E-state index contributed by atoms with van der Waals surface area (Å²) in [6, 6.07) is 7.36. The Labute approximate surface area is 140 Å². The number of piperazine rings is 1. The van der Waals surface area contributed by atoms with Crippen LogP contribution in [0.15, 0.2) is 29.1 Å². The maximum absolute atomic E-state index is 12.3. The second-order valence-corrected chi connectivity index (χ2v) is 6.67. The average molecular weight is 336 g/mol. The summed E-state index contributed by atoms with van der Waals surface area (Å²) in [5.74, 6) is 0. The van der Waals surface area contributed by atoms with Crippen LogP contribution in [0.2, 0.25) is 5.02 Å². The number of aromatic nitrogens is 1. The van der Waals surface area contributed by atoms with Gasteiger partial charge >= 0.3 is 0 Å². The van der Waals surface area contributed by atoms with Gasteiger partial charge in [0.15, 0.2) is 5.43 Å². The SMILES string of the molecule is CN1CCN(Cc2cc(=O)c3cc(Cl)ccc3[nH]2)CC1CCO. The van der Waals surface area contributed by atoms with E-state index >= 15 is 0 Å². The minimum atomic E-state index is -0.00251. The maximum Gasteiger partial charge on any atom is 0.189 e. The molecule has 1 atom stereocenters. The van der Waals surface area contributed by atoms with Crippen molar-refractivity contribution in [2.45, 2.75) is 19.0 Å². The molecule has 0 spiro atoms. The first-order valence-corrected chi connectivity index (χ1v) is 8.29. The molecule has 1 saturated heterocycles. The predicted molar refractivity (Wildman–Crippen MR) is 93.0 cm³/mol. The van der Waals surface area contributed by atoms with Crippen LogP contribution in [0.4, 0.5) is 0 Å². The van der Waals surface area contributed by atoms with Crippen molar-refractivity contribution in [3.63, 3.8) is 0 Å². The highest BCUT2D eigenvalue weighted by Gasteiger charge is 2.24. The number of aliphatic hydroxyl groups is 1. The molecule has 23 heavy (non-hydrogen) atoms. The quantitative estimate of drug-likeness (QED) is 0.892. The molecular weight excluding hydrogens is 314 g/mol. The molecular formula is C17H22ClN3O2. The predicted octanol–water partition coefficient (Wildman–Crippen LogP) is 1.68. The number of pyridine rings is 1. The van der Waals surface area contributed by atoms with Crippen molar-refractivity contribution in [1.29, 1.82) is 0 Å².